The van der Waals surface area contributed by atoms with Gasteiger partial charge in [0.2, 0.25) is 0 Å². The third-order valence-electron chi connectivity index (χ3n) is 2.83. The summed E-state index contributed by atoms with van der Waals surface area (Å²) < 4.78 is 0.793. The highest BCUT2D eigenvalue weighted by Gasteiger charge is 2.10. The molecule has 2 aromatic rings. The van der Waals surface area contributed by atoms with Crippen molar-refractivity contribution >= 4 is 33.5 Å². The molecule has 0 radical (unpaired) electrons. The molecule has 21 heavy (non-hydrogen) atoms. The van der Waals surface area contributed by atoms with Crippen LogP contribution in [0.4, 0.5) is 5.69 Å². The molecule has 0 bridgehead atoms. The summed E-state index contributed by atoms with van der Waals surface area (Å²) in [7, 11) is 0. The van der Waals surface area contributed by atoms with Crippen LogP contribution >= 0.6 is 15.9 Å². The Labute approximate surface area is 130 Å². The standard InChI is InChI=1S/C15H13BrN2O3/c16-11-6-7-13(17-9-11)15(21)18-12-4-2-1-3-10(12)5-8-14(19)20/h1-4,6-7,9H,5,8H2,(H,18,21)(H,19,20). The molecule has 1 aromatic carbocycles. The lowest BCUT2D eigenvalue weighted by atomic mass is 10.1. The van der Waals surface area contributed by atoms with Crippen LogP contribution < -0.4 is 5.32 Å². The number of hydrogen-bond donors (Lipinski definition) is 2. The summed E-state index contributed by atoms with van der Waals surface area (Å²) in [5, 5.41) is 11.5. The molecule has 2 N–H and O–H groups in total. The molecule has 0 unspecified atom stereocenters. The Hall–Kier alpha value is -2.21. The van der Waals surface area contributed by atoms with Gasteiger partial charge in [-0.3, -0.25) is 9.59 Å². The molecule has 1 amide bonds. The normalized spacial score (nSPS) is 10.1. The minimum Gasteiger partial charge on any atom is -0.481 e. The zero-order valence-electron chi connectivity index (χ0n) is 11.0. The molecule has 5 nitrogen and oxygen atoms in total. The van der Waals surface area contributed by atoms with Gasteiger partial charge in [-0.2, -0.15) is 0 Å². The Morgan fingerprint density at radius 1 is 1.19 bits per heavy atom. The van der Waals surface area contributed by atoms with E-state index in [0.717, 1.165) is 10.0 Å². The maximum absolute atomic E-state index is 12.1. The SMILES string of the molecule is O=C(O)CCc1ccccc1NC(=O)c1ccc(Br)cn1. The molecule has 0 saturated heterocycles. The molecule has 0 atom stereocenters. The number of anilines is 1. The van der Waals surface area contributed by atoms with Crippen molar-refractivity contribution in [3.05, 3.63) is 58.3 Å². The molecule has 0 spiro atoms. The van der Waals surface area contributed by atoms with E-state index in [9.17, 15) is 9.59 Å². The average Bonchev–Trinajstić information content (AvgIpc) is 2.47. The molecular formula is C15H13BrN2O3. The van der Waals surface area contributed by atoms with E-state index < -0.39 is 5.97 Å². The number of rotatable bonds is 5. The number of carboxylic acid groups (broad SMARTS) is 1. The van der Waals surface area contributed by atoms with E-state index in [2.05, 4.69) is 26.2 Å². The molecule has 0 saturated carbocycles. The fraction of sp³-hybridized carbons (Fsp3) is 0.133. The summed E-state index contributed by atoms with van der Waals surface area (Å²) in [5.41, 5.74) is 1.69. The van der Waals surface area contributed by atoms with Crippen LogP contribution in [0.5, 0.6) is 0 Å². The van der Waals surface area contributed by atoms with Gasteiger partial charge in [-0.1, -0.05) is 18.2 Å². The number of hydrogen-bond acceptors (Lipinski definition) is 3. The number of nitrogens with zero attached hydrogens (tertiary/aromatic N) is 1. The fourth-order valence-corrected chi connectivity index (χ4v) is 2.03. The van der Waals surface area contributed by atoms with Gasteiger partial charge in [-0.15, -0.1) is 0 Å². The number of pyridine rings is 1. The van der Waals surface area contributed by atoms with E-state index in [-0.39, 0.29) is 12.3 Å². The van der Waals surface area contributed by atoms with Crippen LogP contribution in [0.1, 0.15) is 22.5 Å². The van der Waals surface area contributed by atoms with E-state index in [1.807, 2.05) is 6.07 Å². The molecule has 0 aliphatic rings. The Morgan fingerprint density at radius 3 is 2.62 bits per heavy atom. The van der Waals surface area contributed by atoms with Gasteiger partial charge in [0.05, 0.1) is 0 Å². The van der Waals surface area contributed by atoms with Gasteiger partial charge < -0.3 is 10.4 Å². The highest BCUT2D eigenvalue weighted by atomic mass is 79.9. The summed E-state index contributed by atoms with van der Waals surface area (Å²) in [6.45, 7) is 0. The molecule has 0 aliphatic heterocycles. The third kappa shape index (κ3) is 4.39. The van der Waals surface area contributed by atoms with Gasteiger partial charge in [-0.05, 0) is 46.1 Å². The van der Waals surface area contributed by atoms with Crippen molar-refractivity contribution in [3.63, 3.8) is 0 Å². The molecule has 1 aromatic heterocycles. The number of benzene rings is 1. The number of nitrogens with one attached hydrogen (secondary N) is 1. The predicted molar refractivity (Wildman–Crippen MR) is 82.3 cm³/mol. The summed E-state index contributed by atoms with van der Waals surface area (Å²) >= 11 is 3.26. The van der Waals surface area contributed by atoms with Gasteiger partial charge in [0.25, 0.3) is 5.91 Å². The molecule has 0 aliphatic carbocycles. The van der Waals surface area contributed by atoms with Crippen molar-refractivity contribution in [1.82, 2.24) is 4.98 Å². The largest absolute Gasteiger partial charge is 0.481 e. The summed E-state index contributed by atoms with van der Waals surface area (Å²) in [6, 6.07) is 10.5. The number of para-hydroxylation sites is 1. The zero-order chi connectivity index (χ0) is 15.2. The van der Waals surface area contributed by atoms with Crippen LogP contribution in [0.2, 0.25) is 0 Å². The maximum Gasteiger partial charge on any atom is 0.303 e. The van der Waals surface area contributed by atoms with Gasteiger partial charge in [0, 0.05) is 22.8 Å². The number of aryl methyl sites for hydroxylation is 1. The number of aliphatic carboxylic acids is 1. The monoisotopic (exact) mass is 348 g/mol. The molecule has 0 fully saturated rings. The number of carboxylic acids is 1. The summed E-state index contributed by atoms with van der Waals surface area (Å²) in [5.74, 6) is -1.20. The van der Waals surface area contributed by atoms with Crippen molar-refractivity contribution < 1.29 is 14.7 Å². The van der Waals surface area contributed by atoms with Crippen LogP contribution in [0, 0.1) is 0 Å². The topological polar surface area (TPSA) is 79.3 Å². The highest BCUT2D eigenvalue weighted by molar-refractivity contribution is 9.10. The Kier molecular flexibility index (Phi) is 5.05. The third-order valence-corrected chi connectivity index (χ3v) is 3.30. The van der Waals surface area contributed by atoms with Crippen LogP contribution in [0.15, 0.2) is 47.1 Å². The number of carbonyl (C=O) groups is 2. The molecule has 6 heteroatoms. The quantitative estimate of drug-likeness (QED) is 0.869. The van der Waals surface area contributed by atoms with E-state index in [1.165, 1.54) is 0 Å². The van der Waals surface area contributed by atoms with Crippen molar-refractivity contribution in [2.24, 2.45) is 0 Å². The van der Waals surface area contributed by atoms with E-state index >= 15 is 0 Å². The minimum absolute atomic E-state index is 0.0173. The van der Waals surface area contributed by atoms with Gasteiger partial charge in [0.15, 0.2) is 0 Å². The summed E-state index contributed by atoms with van der Waals surface area (Å²) in [4.78, 5) is 26.8. The minimum atomic E-state index is -0.870. The maximum atomic E-state index is 12.1. The second-order valence-electron chi connectivity index (χ2n) is 4.37. The van der Waals surface area contributed by atoms with E-state index in [0.29, 0.717) is 17.8 Å². The van der Waals surface area contributed by atoms with Crippen LogP contribution in [0.3, 0.4) is 0 Å². The Balaban J connectivity index is 2.13. The van der Waals surface area contributed by atoms with Gasteiger partial charge in [-0.25, -0.2) is 4.98 Å². The second kappa shape index (κ2) is 6.99. The van der Waals surface area contributed by atoms with Gasteiger partial charge >= 0.3 is 5.97 Å². The predicted octanol–water partition coefficient (Wildman–Crippen LogP) is 3.11. The van der Waals surface area contributed by atoms with Crippen molar-refractivity contribution in [2.75, 3.05) is 5.32 Å². The number of aromatic nitrogens is 1. The van der Waals surface area contributed by atoms with E-state index in [1.54, 1.807) is 36.5 Å². The molecular weight excluding hydrogens is 336 g/mol. The zero-order valence-corrected chi connectivity index (χ0v) is 12.6. The van der Waals surface area contributed by atoms with Crippen LogP contribution in [-0.2, 0) is 11.2 Å². The lowest BCUT2D eigenvalue weighted by Crippen LogP contribution is -2.15. The van der Waals surface area contributed by atoms with E-state index in [4.69, 9.17) is 5.11 Å². The molecule has 108 valence electrons. The first kappa shape index (κ1) is 15.2. The second-order valence-corrected chi connectivity index (χ2v) is 5.28. The van der Waals surface area contributed by atoms with Crippen molar-refractivity contribution in [3.8, 4) is 0 Å². The van der Waals surface area contributed by atoms with Crippen molar-refractivity contribution in [2.45, 2.75) is 12.8 Å². The number of amides is 1. The summed E-state index contributed by atoms with van der Waals surface area (Å²) in [6.07, 6.45) is 1.92. The first-order chi connectivity index (χ1) is 10.1. The Morgan fingerprint density at radius 2 is 1.95 bits per heavy atom. The highest BCUT2D eigenvalue weighted by Crippen LogP contribution is 2.18. The number of halogens is 1. The number of carbonyl (C=O) groups excluding carboxylic acids is 1. The lowest BCUT2D eigenvalue weighted by Gasteiger charge is -2.10. The van der Waals surface area contributed by atoms with Gasteiger partial charge in [0.1, 0.15) is 5.69 Å². The molecule has 2 rings (SSSR count). The first-order valence-electron chi connectivity index (χ1n) is 6.29. The average molecular weight is 349 g/mol. The smallest absolute Gasteiger partial charge is 0.303 e. The molecule has 1 heterocycles. The first-order valence-corrected chi connectivity index (χ1v) is 7.08. The lowest BCUT2D eigenvalue weighted by molar-refractivity contribution is -0.136. The Bertz CT molecular complexity index is 656. The van der Waals surface area contributed by atoms with Crippen LogP contribution in [0.25, 0.3) is 0 Å². The fourth-order valence-electron chi connectivity index (χ4n) is 1.80. The van der Waals surface area contributed by atoms with Crippen molar-refractivity contribution in [1.29, 1.82) is 0 Å². The van der Waals surface area contributed by atoms with Crippen LogP contribution in [-0.4, -0.2) is 22.0 Å².